The first-order chi connectivity index (χ1) is 7.36. The highest BCUT2D eigenvalue weighted by molar-refractivity contribution is 7.99. The smallest absolute Gasteiger partial charge is 0.224 e. The Bertz CT molecular complexity index is 211. The van der Waals surface area contributed by atoms with Crippen molar-refractivity contribution in [1.82, 2.24) is 10.6 Å². The van der Waals surface area contributed by atoms with Crippen molar-refractivity contribution in [2.24, 2.45) is 11.8 Å². The fraction of sp³-hybridized carbons (Fsp3) is 0.909. The van der Waals surface area contributed by atoms with Gasteiger partial charge in [-0.25, -0.2) is 0 Å². The van der Waals surface area contributed by atoms with E-state index in [0.29, 0.717) is 0 Å². The van der Waals surface area contributed by atoms with E-state index in [1.807, 2.05) is 11.8 Å². The lowest BCUT2D eigenvalue weighted by molar-refractivity contribution is -0.124. The molecule has 0 aromatic rings. The van der Waals surface area contributed by atoms with Gasteiger partial charge in [0, 0.05) is 13.1 Å². The number of carbonyl (C=O) groups is 1. The normalized spacial score (nSPS) is 27.9. The first kappa shape index (κ1) is 11.3. The van der Waals surface area contributed by atoms with Gasteiger partial charge in [0.15, 0.2) is 0 Å². The highest BCUT2D eigenvalue weighted by atomic mass is 32.2. The van der Waals surface area contributed by atoms with E-state index in [-0.39, 0.29) is 11.8 Å². The van der Waals surface area contributed by atoms with Gasteiger partial charge in [-0.1, -0.05) is 0 Å². The van der Waals surface area contributed by atoms with Crippen molar-refractivity contribution in [3.05, 3.63) is 0 Å². The summed E-state index contributed by atoms with van der Waals surface area (Å²) < 4.78 is 0. The van der Waals surface area contributed by atoms with Crippen LogP contribution in [0.15, 0.2) is 0 Å². The molecule has 1 atom stereocenters. The van der Waals surface area contributed by atoms with Crippen LogP contribution in [0.2, 0.25) is 0 Å². The fourth-order valence-electron chi connectivity index (χ4n) is 2.22. The van der Waals surface area contributed by atoms with Crippen molar-refractivity contribution in [1.29, 1.82) is 0 Å². The standard InChI is InChI=1S/C11H20N2OS/c14-11(10-1-4-12-8-10)13-7-9-2-5-15-6-3-9/h9-10,12H,1-8H2,(H,13,14)/t10-/m1/s1. The van der Waals surface area contributed by atoms with E-state index in [4.69, 9.17) is 0 Å². The third-order valence-electron chi connectivity index (χ3n) is 3.34. The van der Waals surface area contributed by atoms with Gasteiger partial charge in [-0.2, -0.15) is 11.8 Å². The first-order valence-corrected chi connectivity index (χ1v) is 7.08. The van der Waals surface area contributed by atoms with E-state index in [1.165, 1.54) is 24.3 Å². The Morgan fingerprint density at radius 3 is 2.80 bits per heavy atom. The molecule has 2 fully saturated rings. The van der Waals surface area contributed by atoms with E-state index in [2.05, 4.69) is 10.6 Å². The average molecular weight is 228 g/mol. The molecule has 0 aliphatic carbocycles. The third-order valence-corrected chi connectivity index (χ3v) is 4.39. The molecule has 2 aliphatic heterocycles. The number of hydrogen-bond donors (Lipinski definition) is 2. The molecule has 0 bridgehead atoms. The Labute approximate surface area is 95.8 Å². The van der Waals surface area contributed by atoms with Crippen molar-refractivity contribution in [2.45, 2.75) is 19.3 Å². The van der Waals surface area contributed by atoms with E-state index >= 15 is 0 Å². The maximum Gasteiger partial charge on any atom is 0.224 e. The van der Waals surface area contributed by atoms with Crippen molar-refractivity contribution in [3.8, 4) is 0 Å². The van der Waals surface area contributed by atoms with Gasteiger partial charge in [0.1, 0.15) is 0 Å². The van der Waals surface area contributed by atoms with Crippen molar-refractivity contribution < 1.29 is 4.79 Å². The molecule has 2 N–H and O–H groups in total. The molecule has 15 heavy (non-hydrogen) atoms. The van der Waals surface area contributed by atoms with Gasteiger partial charge >= 0.3 is 0 Å². The second-order valence-corrected chi connectivity index (χ2v) is 5.72. The molecule has 86 valence electrons. The van der Waals surface area contributed by atoms with E-state index in [1.54, 1.807) is 0 Å². The molecule has 3 nitrogen and oxygen atoms in total. The van der Waals surface area contributed by atoms with Gasteiger partial charge in [-0.05, 0) is 43.2 Å². The van der Waals surface area contributed by atoms with Gasteiger partial charge in [0.2, 0.25) is 5.91 Å². The molecule has 2 saturated heterocycles. The topological polar surface area (TPSA) is 41.1 Å². The van der Waals surface area contributed by atoms with Crippen LogP contribution in [0.25, 0.3) is 0 Å². The Kier molecular flexibility index (Phi) is 4.32. The van der Waals surface area contributed by atoms with Gasteiger partial charge in [0.05, 0.1) is 5.92 Å². The molecular formula is C11H20N2OS. The summed E-state index contributed by atoms with van der Waals surface area (Å²) >= 11 is 2.04. The van der Waals surface area contributed by atoms with Crippen LogP contribution in [-0.2, 0) is 4.79 Å². The number of hydrogen-bond acceptors (Lipinski definition) is 3. The van der Waals surface area contributed by atoms with Gasteiger partial charge in [0.25, 0.3) is 0 Å². The van der Waals surface area contributed by atoms with Crippen molar-refractivity contribution >= 4 is 17.7 Å². The van der Waals surface area contributed by atoms with Crippen LogP contribution in [0.3, 0.4) is 0 Å². The quantitative estimate of drug-likeness (QED) is 0.752. The molecule has 0 aromatic heterocycles. The Morgan fingerprint density at radius 1 is 1.33 bits per heavy atom. The van der Waals surface area contributed by atoms with Crippen LogP contribution < -0.4 is 10.6 Å². The Morgan fingerprint density at radius 2 is 2.13 bits per heavy atom. The first-order valence-electron chi connectivity index (χ1n) is 5.92. The maximum atomic E-state index is 11.7. The van der Waals surface area contributed by atoms with Crippen LogP contribution >= 0.6 is 11.8 Å². The highest BCUT2D eigenvalue weighted by Gasteiger charge is 2.23. The second kappa shape index (κ2) is 5.75. The van der Waals surface area contributed by atoms with Crippen molar-refractivity contribution in [2.75, 3.05) is 31.1 Å². The zero-order valence-corrected chi connectivity index (χ0v) is 9.94. The molecule has 0 spiro atoms. The molecule has 4 heteroatoms. The van der Waals surface area contributed by atoms with Gasteiger partial charge in [-0.3, -0.25) is 4.79 Å². The van der Waals surface area contributed by atoms with Gasteiger partial charge in [-0.15, -0.1) is 0 Å². The van der Waals surface area contributed by atoms with Crippen LogP contribution in [0.1, 0.15) is 19.3 Å². The van der Waals surface area contributed by atoms with E-state index in [9.17, 15) is 4.79 Å². The molecule has 2 rings (SSSR count). The van der Waals surface area contributed by atoms with Crippen LogP contribution in [-0.4, -0.2) is 37.0 Å². The summed E-state index contributed by atoms with van der Waals surface area (Å²) in [5.74, 6) is 3.75. The number of nitrogens with one attached hydrogen (secondary N) is 2. The minimum atomic E-state index is 0.225. The zero-order chi connectivity index (χ0) is 10.5. The summed E-state index contributed by atoms with van der Waals surface area (Å²) in [5.41, 5.74) is 0. The molecule has 0 unspecified atom stereocenters. The van der Waals surface area contributed by atoms with Gasteiger partial charge < -0.3 is 10.6 Å². The maximum absolute atomic E-state index is 11.7. The second-order valence-electron chi connectivity index (χ2n) is 4.49. The lowest BCUT2D eigenvalue weighted by Crippen LogP contribution is -2.36. The van der Waals surface area contributed by atoms with Crippen LogP contribution in [0.5, 0.6) is 0 Å². The highest BCUT2D eigenvalue weighted by Crippen LogP contribution is 2.22. The monoisotopic (exact) mass is 228 g/mol. The van der Waals surface area contributed by atoms with Crippen molar-refractivity contribution in [3.63, 3.8) is 0 Å². The lowest BCUT2D eigenvalue weighted by atomic mass is 10.0. The van der Waals surface area contributed by atoms with E-state index in [0.717, 1.165) is 32.0 Å². The lowest BCUT2D eigenvalue weighted by Gasteiger charge is -2.22. The molecule has 0 saturated carbocycles. The predicted octanol–water partition coefficient (Wildman–Crippen LogP) is 0.855. The molecular weight excluding hydrogens is 208 g/mol. The fourth-order valence-corrected chi connectivity index (χ4v) is 3.42. The van der Waals surface area contributed by atoms with E-state index < -0.39 is 0 Å². The molecule has 0 aromatic carbocycles. The molecule has 0 radical (unpaired) electrons. The average Bonchev–Trinajstić information content (AvgIpc) is 2.81. The summed E-state index contributed by atoms with van der Waals surface area (Å²) in [5, 5.41) is 6.33. The minimum absolute atomic E-state index is 0.225. The number of thioether (sulfide) groups is 1. The summed E-state index contributed by atoms with van der Waals surface area (Å²) in [4.78, 5) is 11.7. The SMILES string of the molecule is O=C(NCC1CCSCC1)[C@@H]1CCNC1. The largest absolute Gasteiger partial charge is 0.356 e. The number of amides is 1. The summed E-state index contributed by atoms with van der Waals surface area (Å²) in [7, 11) is 0. The zero-order valence-electron chi connectivity index (χ0n) is 9.13. The summed E-state index contributed by atoms with van der Waals surface area (Å²) in [6.45, 7) is 2.76. The Hall–Kier alpha value is -0.220. The van der Waals surface area contributed by atoms with Crippen LogP contribution in [0, 0.1) is 11.8 Å². The number of carbonyl (C=O) groups excluding carboxylic acids is 1. The minimum Gasteiger partial charge on any atom is -0.356 e. The summed E-state index contributed by atoms with van der Waals surface area (Å²) in [6.07, 6.45) is 3.55. The van der Waals surface area contributed by atoms with Crippen LogP contribution in [0.4, 0.5) is 0 Å². The third kappa shape index (κ3) is 3.38. The molecule has 2 heterocycles. The molecule has 2 aliphatic rings. The molecule has 1 amide bonds. The summed E-state index contributed by atoms with van der Waals surface area (Å²) in [6, 6.07) is 0. The number of rotatable bonds is 3. The Balaban J connectivity index is 1.65. The predicted molar refractivity (Wildman–Crippen MR) is 64.0 cm³/mol.